The van der Waals surface area contributed by atoms with E-state index in [-0.39, 0.29) is 11.9 Å². The third-order valence-corrected chi connectivity index (χ3v) is 7.09. The second-order valence-corrected chi connectivity index (χ2v) is 11.1. The normalized spacial score (nSPS) is 13.4. The van der Waals surface area contributed by atoms with E-state index in [0.717, 1.165) is 38.5 Å². The fourth-order valence-electron chi connectivity index (χ4n) is 4.46. The third kappa shape index (κ3) is 21.4. The van der Waals surface area contributed by atoms with Crippen LogP contribution in [0.5, 0.6) is 0 Å². The lowest BCUT2D eigenvalue weighted by atomic mass is 9.89. The van der Waals surface area contributed by atoms with Crippen molar-refractivity contribution in [2.75, 3.05) is 6.61 Å². The van der Waals surface area contributed by atoms with Crippen LogP contribution in [-0.4, -0.2) is 18.9 Å². The molecule has 0 rings (SSSR count). The summed E-state index contributed by atoms with van der Waals surface area (Å²) < 4.78 is 5.57. The van der Waals surface area contributed by atoms with Gasteiger partial charge in [-0.3, -0.25) is 4.79 Å². The molecule has 0 fully saturated rings. The SMILES string of the molecule is CCCCCCCCCC(C=O)CCCCCCCCC(=O)OCC(CCC(C)C)C(C)C. The number of carbonyl (C=O) groups excluding carboxylic acids is 2. The standard InChI is InChI=1S/C30H58O3/c1-6-7-8-9-10-13-16-19-28(24-31)20-17-14-11-12-15-18-21-30(32)33-25-29(27(4)5)23-22-26(2)3/h24,26-29H,6-23,25H2,1-5H3. The Morgan fingerprint density at radius 2 is 1.21 bits per heavy atom. The average Bonchev–Trinajstić information content (AvgIpc) is 2.78. The summed E-state index contributed by atoms with van der Waals surface area (Å²) in [5.41, 5.74) is 0. The Balaban J connectivity index is 3.63. The zero-order valence-electron chi connectivity index (χ0n) is 23.0. The molecule has 2 unspecified atom stereocenters. The minimum atomic E-state index is -0.0237. The molecule has 3 heteroatoms. The lowest BCUT2D eigenvalue weighted by Crippen LogP contribution is -2.19. The van der Waals surface area contributed by atoms with E-state index in [1.807, 2.05) is 0 Å². The molecule has 196 valence electrons. The molecule has 0 N–H and O–H groups in total. The van der Waals surface area contributed by atoms with Crippen LogP contribution in [0.25, 0.3) is 0 Å². The molecule has 0 saturated carbocycles. The number of aldehydes is 1. The van der Waals surface area contributed by atoms with Crippen molar-refractivity contribution in [2.45, 2.75) is 150 Å². The van der Waals surface area contributed by atoms with E-state index in [9.17, 15) is 9.59 Å². The van der Waals surface area contributed by atoms with E-state index in [4.69, 9.17) is 4.74 Å². The number of ether oxygens (including phenoxy) is 1. The molecule has 0 heterocycles. The average molecular weight is 467 g/mol. The van der Waals surface area contributed by atoms with Gasteiger partial charge in [-0.15, -0.1) is 0 Å². The van der Waals surface area contributed by atoms with Gasteiger partial charge in [0.1, 0.15) is 6.29 Å². The maximum Gasteiger partial charge on any atom is 0.305 e. The van der Waals surface area contributed by atoms with E-state index in [1.54, 1.807) is 0 Å². The van der Waals surface area contributed by atoms with Gasteiger partial charge in [0.05, 0.1) is 6.61 Å². The summed E-state index contributed by atoms with van der Waals surface area (Å²) in [5.74, 6) is 2.00. The zero-order valence-corrected chi connectivity index (χ0v) is 23.0. The van der Waals surface area contributed by atoms with Gasteiger partial charge in [-0.1, -0.05) is 118 Å². The highest BCUT2D eigenvalue weighted by atomic mass is 16.5. The van der Waals surface area contributed by atoms with Gasteiger partial charge in [-0.2, -0.15) is 0 Å². The number of carbonyl (C=O) groups is 2. The topological polar surface area (TPSA) is 43.4 Å². The van der Waals surface area contributed by atoms with Gasteiger partial charge in [0, 0.05) is 12.3 Å². The van der Waals surface area contributed by atoms with E-state index >= 15 is 0 Å². The Morgan fingerprint density at radius 1 is 0.697 bits per heavy atom. The Kier molecular flexibility index (Phi) is 22.3. The lowest BCUT2D eigenvalue weighted by Gasteiger charge is -2.21. The number of rotatable bonds is 24. The van der Waals surface area contributed by atoms with Crippen molar-refractivity contribution in [1.29, 1.82) is 0 Å². The summed E-state index contributed by atoms with van der Waals surface area (Å²) in [5, 5.41) is 0. The molecular weight excluding hydrogens is 408 g/mol. The van der Waals surface area contributed by atoms with Crippen molar-refractivity contribution in [3.8, 4) is 0 Å². The molecule has 2 atom stereocenters. The molecule has 0 saturated heterocycles. The first-order valence-electron chi connectivity index (χ1n) is 14.5. The van der Waals surface area contributed by atoms with Gasteiger partial charge in [0.2, 0.25) is 0 Å². The van der Waals surface area contributed by atoms with E-state index in [1.165, 1.54) is 76.9 Å². The van der Waals surface area contributed by atoms with Crippen molar-refractivity contribution in [1.82, 2.24) is 0 Å². The van der Waals surface area contributed by atoms with Crippen LogP contribution in [0, 0.1) is 23.7 Å². The van der Waals surface area contributed by atoms with Crippen LogP contribution >= 0.6 is 0 Å². The molecule has 3 nitrogen and oxygen atoms in total. The lowest BCUT2D eigenvalue weighted by molar-refractivity contribution is -0.145. The zero-order chi connectivity index (χ0) is 24.7. The minimum Gasteiger partial charge on any atom is -0.465 e. The predicted molar refractivity (Wildman–Crippen MR) is 142 cm³/mol. The predicted octanol–water partition coefficient (Wildman–Crippen LogP) is 9.31. The first kappa shape index (κ1) is 32.1. The largest absolute Gasteiger partial charge is 0.465 e. The van der Waals surface area contributed by atoms with Crippen LogP contribution in [-0.2, 0) is 14.3 Å². The minimum absolute atomic E-state index is 0.0237. The van der Waals surface area contributed by atoms with Gasteiger partial charge in [-0.05, 0) is 43.4 Å². The van der Waals surface area contributed by atoms with Crippen LogP contribution in [0.4, 0.5) is 0 Å². The van der Waals surface area contributed by atoms with Crippen molar-refractivity contribution >= 4 is 12.3 Å². The molecule has 0 aromatic heterocycles. The van der Waals surface area contributed by atoms with Gasteiger partial charge < -0.3 is 9.53 Å². The van der Waals surface area contributed by atoms with Crippen LogP contribution in [0.3, 0.4) is 0 Å². The smallest absolute Gasteiger partial charge is 0.305 e. The fraction of sp³-hybridized carbons (Fsp3) is 0.933. The Bertz CT molecular complexity index is 444. The summed E-state index contributed by atoms with van der Waals surface area (Å²) in [7, 11) is 0. The Hall–Kier alpha value is -0.860. The second-order valence-electron chi connectivity index (χ2n) is 11.1. The summed E-state index contributed by atoms with van der Waals surface area (Å²) in [4.78, 5) is 23.4. The number of esters is 1. The van der Waals surface area contributed by atoms with E-state index in [0.29, 0.717) is 30.8 Å². The van der Waals surface area contributed by atoms with Crippen LogP contribution < -0.4 is 0 Å². The van der Waals surface area contributed by atoms with E-state index < -0.39 is 0 Å². The molecule has 0 spiro atoms. The van der Waals surface area contributed by atoms with E-state index in [2.05, 4.69) is 34.6 Å². The Labute approximate surface area is 207 Å². The number of unbranched alkanes of at least 4 members (excludes halogenated alkanes) is 11. The second kappa shape index (κ2) is 22.9. The van der Waals surface area contributed by atoms with Crippen molar-refractivity contribution in [3.05, 3.63) is 0 Å². The summed E-state index contributed by atoms with van der Waals surface area (Å²) >= 11 is 0. The molecule has 0 aliphatic rings. The fourth-order valence-corrected chi connectivity index (χ4v) is 4.46. The first-order chi connectivity index (χ1) is 15.9. The molecule has 0 bridgehead atoms. The van der Waals surface area contributed by atoms with Crippen molar-refractivity contribution in [3.63, 3.8) is 0 Å². The molecule has 0 aliphatic heterocycles. The maximum atomic E-state index is 12.1. The molecule has 33 heavy (non-hydrogen) atoms. The first-order valence-corrected chi connectivity index (χ1v) is 14.5. The molecular formula is C30H58O3. The molecule has 0 aromatic rings. The van der Waals surface area contributed by atoms with Gasteiger partial charge >= 0.3 is 5.97 Å². The van der Waals surface area contributed by atoms with Gasteiger partial charge in [-0.25, -0.2) is 0 Å². The number of hydrogen-bond donors (Lipinski definition) is 0. The van der Waals surface area contributed by atoms with Crippen molar-refractivity contribution in [2.24, 2.45) is 23.7 Å². The molecule has 0 amide bonds. The highest BCUT2D eigenvalue weighted by Gasteiger charge is 2.16. The summed E-state index contributed by atoms with van der Waals surface area (Å²) in [6.07, 6.45) is 22.2. The highest BCUT2D eigenvalue weighted by molar-refractivity contribution is 5.69. The Morgan fingerprint density at radius 3 is 1.70 bits per heavy atom. The summed E-state index contributed by atoms with van der Waals surface area (Å²) in [6, 6.07) is 0. The summed E-state index contributed by atoms with van der Waals surface area (Å²) in [6.45, 7) is 11.8. The van der Waals surface area contributed by atoms with Gasteiger partial charge in [0.15, 0.2) is 0 Å². The number of hydrogen-bond acceptors (Lipinski definition) is 3. The van der Waals surface area contributed by atoms with Crippen LogP contribution in [0.2, 0.25) is 0 Å². The quantitative estimate of drug-likeness (QED) is 0.0808. The van der Waals surface area contributed by atoms with Gasteiger partial charge in [0.25, 0.3) is 0 Å². The van der Waals surface area contributed by atoms with Crippen molar-refractivity contribution < 1.29 is 14.3 Å². The van der Waals surface area contributed by atoms with Crippen LogP contribution in [0.1, 0.15) is 150 Å². The molecule has 0 radical (unpaired) electrons. The monoisotopic (exact) mass is 466 g/mol. The maximum absolute atomic E-state index is 12.1. The highest BCUT2D eigenvalue weighted by Crippen LogP contribution is 2.21. The molecule has 0 aliphatic carbocycles. The molecule has 0 aromatic carbocycles. The van der Waals surface area contributed by atoms with Crippen LogP contribution in [0.15, 0.2) is 0 Å². The third-order valence-electron chi connectivity index (χ3n) is 7.09.